The largest absolute Gasteiger partial charge is 0.376 e. The Balaban J connectivity index is 1.52. The Bertz CT molecular complexity index is 1060. The lowest BCUT2D eigenvalue weighted by molar-refractivity contribution is -0.142. The highest BCUT2D eigenvalue weighted by atomic mass is 35.5. The number of carbonyl (C=O) groups excluding carboxylic acids is 1. The maximum atomic E-state index is 12.9. The van der Waals surface area contributed by atoms with Gasteiger partial charge in [-0.25, -0.2) is 0 Å². The molecule has 1 unspecified atom stereocenters. The number of carbonyl (C=O) groups is 1. The molecule has 5 rings (SSSR count). The molecule has 1 N–H and O–H groups in total. The van der Waals surface area contributed by atoms with Crippen LogP contribution in [0, 0.1) is 0 Å². The number of aromatic amines is 1. The molecule has 1 amide bonds. The van der Waals surface area contributed by atoms with Crippen molar-refractivity contribution in [1.82, 2.24) is 19.7 Å². The van der Waals surface area contributed by atoms with E-state index in [2.05, 4.69) is 14.8 Å². The lowest BCUT2D eigenvalue weighted by Gasteiger charge is -2.31. The van der Waals surface area contributed by atoms with Gasteiger partial charge in [0.05, 0.1) is 60.6 Å². The molecule has 152 valence electrons. The van der Waals surface area contributed by atoms with Crippen molar-refractivity contribution in [2.75, 3.05) is 26.4 Å². The van der Waals surface area contributed by atoms with Crippen molar-refractivity contribution in [3.8, 4) is 11.1 Å². The lowest BCUT2D eigenvalue weighted by atomic mass is 10.0. The Labute approximate surface area is 177 Å². The highest BCUT2D eigenvalue weighted by Gasteiger charge is 2.30. The van der Waals surface area contributed by atoms with E-state index in [1.807, 2.05) is 23.2 Å². The van der Waals surface area contributed by atoms with Crippen LogP contribution in [0.15, 0.2) is 24.5 Å². The van der Waals surface area contributed by atoms with Gasteiger partial charge >= 0.3 is 0 Å². The molecule has 0 aliphatic carbocycles. The monoisotopic (exact) mass is 434 g/mol. The van der Waals surface area contributed by atoms with Crippen LogP contribution in [0.4, 0.5) is 0 Å². The molecule has 9 heteroatoms. The van der Waals surface area contributed by atoms with E-state index >= 15 is 0 Å². The summed E-state index contributed by atoms with van der Waals surface area (Å²) < 4.78 is 13.2. The smallest absolute Gasteiger partial charge is 0.225 e. The fourth-order valence-electron chi connectivity index (χ4n) is 4.22. The van der Waals surface area contributed by atoms with Gasteiger partial charge in [0.15, 0.2) is 0 Å². The van der Waals surface area contributed by atoms with E-state index in [1.54, 1.807) is 6.20 Å². The molecule has 4 heterocycles. The number of nitrogens with one attached hydrogen (secondary N) is 1. The number of fused-ring (bicyclic) bond motifs is 3. The average Bonchev–Trinajstić information content (AvgIpc) is 3.36. The number of hydrogen-bond donors (Lipinski definition) is 1. The number of benzene rings is 1. The van der Waals surface area contributed by atoms with Crippen molar-refractivity contribution < 1.29 is 14.3 Å². The number of nitrogens with zero attached hydrogens (tertiary/aromatic N) is 3. The van der Waals surface area contributed by atoms with Gasteiger partial charge in [0.25, 0.3) is 0 Å². The Morgan fingerprint density at radius 1 is 1.28 bits per heavy atom. The minimum atomic E-state index is -0.175. The molecule has 2 aliphatic rings. The molecule has 2 aromatic heterocycles. The SMILES string of the molecule is O=C(CC1COCCO1)N1CCn2c(c(-c3cn[nH]c3)c3ccc(Cl)c(Cl)c32)C1. The van der Waals surface area contributed by atoms with Gasteiger partial charge in [0.1, 0.15) is 0 Å². The summed E-state index contributed by atoms with van der Waals surface area (Å²) in [6, 6.07) is 3.79. The Hall–Kier alpha value is -2.06. The Morgan fingerprint density at radius 3 is 2.93 bits per heavy atom. The average molecular weight is 435 g/mol. The highest BCUT2D eigenvalue weighted by Crippen LogP contribution is 2.42. The van der Waals surface area contributed by atoms with E-state index < -0.39 is 0 Å². The van der Waals surface area contributed by atoms with Crippen LogP contribution in [-0.2, 0) is 27.4 Å². The van der Waals surface area contributed by atoms with Gasteiger partial charge in [-0.2, -0.15) is 5.10 Å². The molecule has 1 saturated heterocycles. The summed E-state index contributed by atoms with van der Waals surface area (Å²) in [5, 5.41) is 9.04. The number of rotatable bonds is 3. The summed E-state index contributed by atoms with van der Waals surface area (Å²) in [5.41, 5.74) is 3.93. The third kappa shape index (κ3) is 3.32. The molecule has 0 spiro atoms. The van der Waals surface area contributed by atoms with Gasteiger partial charge in [-0.15, -0.1) is 0 Å². The molecule has 1 fully saturated rings. The summed E-state index contributed by atoms with van der Waals surface area (Å²) in [5.74, 6) is 0.0688. The van der Waals surface area contributed by atoms with Crippen molar-refractivity contribution in [3.63, 3.8) is 0 Å². The van der Waals surface area contributed by atoms with Gasteiger partial charge in [-0.05, 0) is 6.07 Å². The number of aromatic nitrogens is 3. The first-order valence-electron chi connectivity index (χ1n) is 9.59. The van der Waals surface area contributed by atoms with Crippen molar-refractivity contribution in [2.24, 2.45) is 0 Å². The second-order valence-corrected chi connectivity index (χ2v) is 8.09. The minimum absolute atomic E-state index is 0.0688. The van der Waals surface area contributed by atoms with Crippen LogP contribution in [0.5, 0.6) is 0 Å². The molecule has 7 nitrogen and oxygen atoms in total. The molecule has 3 aromatic rings. The number of H-pyrrole nitrogens is 1. The van der Waals surface area contributed by atoms with Crippen molar-refractivity contribution >= 4 is 40.0 Å². The van der Waals surface area contributed by atoms with E-state index in [1.165, 1.54) is 0 Å². The van der Waals surface area contributed by atoms with E-state index in [4.69, 9.17) is 32.7 Å². The lowest BCUT2D eigenvalue weighted by Crippen LogP contribution is -2.41. The number of hydrogen-bond acceptors (Lipinski definition) is 4. The molecule has 1 aromatic carbocycles. The van der Waals surface area contributed by atoms with Crippen LogP contribution in [0.3, 0.4) is 0 Å². The normalized spacial score (nSPS) is 19.5. The topological polar surface area (TPSA) is 72.4 Å². The number of ether oxygens (including phenoxy) is 2. The predicted molar refractivity (Wildman–Crippen MR) is 110 cm³/mol. The summed E-state index contributed by atoms with van der Waals surface area (Å²) in [6.07, 6.45) is 3.79. The van der Waals surface area contributed by atoms with Gasteiger partial charge in [-0.3, -0.25) is 9.89 Å². The second-order valence-electron chi connectivity index (χ2n) is 7.30. The highest BCUT2D eigenvalue weighted by molar-refractivity contribution is 6.45. The molecule has 0 bridgehead atoms. The van der Waals surface area contributed by atoms with Crippen molar-refractivity contribution in [3.05, 3.63) is 40.3 Å². The molecule has 1 atom stereocenters. The predicted octanol–water partition coefficient (Wildman–Crippen LogP) is 3.49. The summed E-state index contributed by atoms with van der Waals surface area (Å²) in [6.45, 7) is 3.35. The maximum absolute atomic E-state index is 12.9. The van der Waals surface area contributed by atoms with Crippen LogP contribution in [0.25, 0.3) is 22.0 Å². The first-order valence-corrected chi connectivity index (χ1v) is 10.3. The van der Waals surface area contributed by atoms with Crippen LogP contribution >= 0.6 is 23.2 Å². The van der Waals surface area contributed by atoms with Gasteiger partial charge < -0.3 is 18.9 Å². The van der Waals surface area contributed by atoms with Gasteiger partial charge in [0, 0.05) is 41.5 Å². The summed E-state index contributed by atoms with van der Waals surface area (Å²) in [7, 11) is 0. The van der Waals surface area contributed by atoms with Crippen molar-refractivity contribution in [2.45, 2.75) is 25.6 Å². The fraction of sp³-hybridized carbons (Fsp3) is 0.400. The first kappa shape index (κ1) is 18.9. The Morgan fingerprint density at radius 2 is 2.17 bits per heavy atom. The molecule has 2 aliphatic heterocycles. The zero-order valence-electron chi connectivity index (χ0n) is 15.7. The third-order valence-corrected chi connectivity index (χ3v) is 6.38. The van der Waals surface area contributed by atoms with Crippen LogP contribution < -0.4 is 0 Å². The first-order chi connectivity index (χ1) is 14.1. The fourth-order valence-corrected chi connectivity index (χ4v) is 4.64. The van der Waals surface area contributed by atoms with E-state index in [0.717, 1.165) is 27.7 Å². The summed E-state index contributed by atoms with van der Waals surface area (Å²) in [4.78, 5) is 14.8. The van der Waals surface area contributed by atoms with E-state index in [9.17, 15) is 4.79 Å². The molecule has 0 saturated carbocycles. The molecule has 0 radical (unpaired) electrons. The zero-order valence-corrected chi connectivity index (χ0v) is 17.2. The van der Waals surface area contributed by atoms with Gasteiger partial charge in [-0.1, -0.05) is 29.3 Å². The standard InChI is InChI=1S/C20H20Cl2N4O3/c21-15-2-1-14-18(12-8-23-24-9-12)16-10-25(3-4-26(16)20(14)19(15)22)17(27)7-13-11-28-5-6-29-13/h1-2,8-9,13H,3-7,10-11H2,(H,23,24). The van der Waals surface area contributed by atoms with Crippen LogP contribution in [0.1, 0.15) is 12.1 Å². The maximum Gasteiger partial charge on any atom is 0.225 e. The third-order valence-electron chi connectivity index (χ3n) is 5.58. The van der Waals surface area contributed by atoms with Gasteiger partial charge in [0.2, 0.25) is 5.91 Å². The van der Waals surface area contributed by atoms with E-state index in [0.29, 0.717) is 55.9 Å². The molecular formula is C20H20Cl2N4O3. The molecule has 29 heavy (non-hydrogen) atoms. The molecular weight excluding hydrogens is 415 g/mol. The zero-order chi connectivity index (χ0) is 20.0. The second kappa shape index (κ2) is 7.65. The van der Waals surface area contributed by atoms with Crippen molar-refractivity contribution in [1.29, 1.82) is 0 Å². The van der Waals surface area contributed by atoms with E-state index in [-0.39, 0.29) is 12.0 Å². The van der Waals surface area contributed by atoms with Crippen LogP contribution in [-0.4, -0.2) is 58.0 Å². The van der Waals surface area contributed by atoms with Crippen LogP contribution in [0.2, 0.25) is 10.0 Å². The minimum Gasteiger partial charge on any atom is -0.376 e. The quantitative estimate of drug-likeness (QED) is 0.684. The summed E-state index contributed by atoms with van der Waals surface area (Å²) >= 11 is 12.9. The number of amides is 1. The number of halogens is 2. The Kier molecular flexibility index (Phi) is 4.99.